The third kappa shape index (κ3) is 17.5. The lowest BCUT2D eigenvalue weighted by molar-refractivity contribution is -0.140. The van der Waals surface area contributed by atoms with Crippen molar-refractivity contribution in [1.82, 2.24) is 53.6 Å². The molecule has 0 aliphatic rings. The predicted molar refractivity (Wildman–Crippen MR) is 377 cm³/mol. The fourth-order valence-corrected chi connectivity index (χ4v) is 11.7. The predicted octanol–water partition coefficient (Wildman–Crippen LogP) is 18.8. The molecule has 0 fully saturated rings. The Bertz CT molecular complexity index is 6620. The molecule has 0 atom stereocenters. The summed E-state index contributed by atoms with van der Waals surface area (Å²) in [5.41, 5.74) is -6.76. The number of halogens is 19. The average molecular weight is 1640 g/mol. The third-order valence-electron chi connectivity index (χ3n) is 16.7. The van der Waals surface area contributed by atoms with Crippen molar-refractivity contribution in [2.75, 3.05) is 0 Å². The average Bonchev–Trinajstić information content (AvgIpc) is 1.27. The van der Waals surface area contributed by atoms with Gasteiger partial charge in [0.25, 0.3) is 16.7 Å². The summed E-state index contributed by atoms with van der Waals surface area (Å²) in [6.45, 7) is -1.34. The van der Waals surface area contributed by atoms with E-state index in [1.54, 1.807) is 24.3 Å². The number of benzene rings is 8. The van der Waals surface area contributed by atoms with E-state index in [0.717, 1.165) is 79.0 Å². The minimum absolute atomic E-state index is 0.103. The number of fused-ring (bicyclic) bond motifs is 5. The number of ether oxygens (including phenoxy) is 3. The molecule has 590 valence electrons. The fraction of sp³-hybridized carbons (Fsp3) is 0.0779. The second-order valence-corrected chi connectivity index (χ2v) is 24.7. The lowest BCUT2D eigenvalue weighted by atomic mass is 10.1. The van der Waals surface area contributed by atoms with E-state index in [2.05, 4.69) is 39.9 Å². The molecular formula is C77H40ClF18N11O9. The minimum Gasteiger partial charge on any atom is -0.443 e. The molecule has 20 nitrogen and oxygen atoms in total. The summed E-state index contributed by atoms with van der Waals surface area (Å²) in [6, 6.07) is 30.8. The number of pyridine rings is 3. The molecule has 0 aliphatic heterocycles. The van der Waals surface area contributed by atoms with E-state index < -0.39 is 174 Å². The van der Waals surface area contributed by atoms with Gasteiger partial charge in [-0.1, -0.05) is 35.9 Å². The Kier molecular flexibility index (Phi) is 22.4. The van der Waals surface area contributed by atoms with Crippen LogP contribution in [0.3, 0.4) is 0 Å². The van der Waals surface area contributed by atoms with Gasteiger partial charge in [0.15, 0.2) is 28.6 Å². The van der Waals surface area contributed by atoms with E-state index in [1.807, 2.05) is 24.3 Å². The van der Waals surface area contributed by atoms with Crippen LogP contribution in [0.1, 0.15) is 33.4 Å². The summed E-state index contributed by atoms with van der Waals surface area (Å²) in [5, 5.41) is -0.976. The number of hydrogen-bond donors (Lipinski definition) is 1. The molecule has 0 amide bonds. The van der Waals surface area contributed by atoms with Crippen LogP contribution in [-0.2, 0) is 38.2 Å². The first kappa shape index (κ1) is 79.9. The highest BCUT2D eigenvalue weighted by Crippen LogP contribution is 2.45. The molecule has 0 spiro atoms. The van der Waals surface area contributed by atoms with Crippen molar-refractivity contribution in [1.29, 1.82) is 0 Å². The molecule has 16 rings (SSSR count). The van der Waals surface area contributed by atoms with Crippen LogP contribution in [0.5, 0.6) is 34.9 Å². The van der Waals surface area contributed by atoms with Crippen molar-refractivity contribution in [3.63, 3.8) is 0 Å². The molecule has 0 bridgehead atoms. The van der Waals surface area contributed by atoms with Gasteiger partial charge in [-0.2, -0.15) is 54.5 Å². The van der Waals surface area contributed by atoms with Crippen molar-refractivity contribution < 1.29 is 102 Å². The van der Waals surface area contributed by atoms with Crippen LogP contribution in [0, 0.1) is 52.4 Å². The van der Waals surface area contributed by atoms with Crippen LogP contribution in [0.15, 0.2) is 230 Å². The molecule has 116 heavy (non-hydrogen) atoms. The lowest BCUT2D eigenvalue weighted by Gasteiger charge is -2.16. The van der Waals surface area contributed by atoms with E-state index >= 15 is 0 Å². The molecule has 0 radical (unpaired) electrons. The number of aromatic nitrogens is 11. The summed E-state index contributed by atoms with van der Waals surface area (Å²) in [5.74, 6) is -13.6. The summed E-state index contributed by atoms with van der Waals surface area (Å²) in [7, 11) is 0. The Morgan fingerprint density at radius 2 is 0.810 bits per heavy atom. The standard InChI is InChI=1S/C28H14F6N4O3.C21H10ClF6N3O2.C21H11F6N3O3.C7H5NO/c29-14-9-19(30)18(20(31)10-14)12-38-13-36-25(39)17-11-15(5-6-22(17)38)40-27-24(28(32,33)34)16(7-8-35-27)26-37-21-3-1-2-4-23(21)41-26;22-14-3-4-29-20(18(14)21(26,27)28)33-11-1-2-17-12(7-11)19(32)30-9-31(17)8-13-15(24)5-10(23)6-16(13)25;22-10-5-14(23)13(15(24)6-10)8-30-9-29-19(32)12-7-11(1-2-16(12)30)33-20-18(21(25,26)27)17(31)3-4-28-20;1-2-4-7-6(3-1)8-5-9-7/h1-11,13H,12H2;1-7,9H,8H2;1-7,9H,8H2,(H,28,31);1-5H. The lowest BCUT2D eigenvalue weighted by Crippen LogP contribution is -2.20. The zero-order valence-electron chi connectivity index (χ0n) is 57.5. The molecule has 0 unspecified atom stereocenters. The maximum Gasteiger partial charge on any atom is 0.425 e. The molecule has 0 saturated carbocycles. The second-order valence-electron chi connectivity index (χ2n) is 24.3. The van der Waals surface area contributed by atoms with E-state index in [1.165, 1.54) is 56.5 Å². The van der Waals surface area contributed by atoms with Gasteiger partial charge >= 0.3 is 18.5 Å². The normalized spacial score (nSPS) is 11.6. The monoisotopic (exact) mass is 1640 g/mol. The number of aromatic amines is 1. The summed E-state index contributed by atoms with van der Waals surface area (Å²) >= 11 is 5.65. The van der Waals surface area contributed by atoms with Gasteiger partial charge < -0.3 is 41.7 Å². The highest BCUT2D eigenvalue weighted by atomic mass is 35.5. The molecule has 8 heterocycles. The van der Waals surface area contributed by atoms with Crippen LogP contribution in [0.25, 0.3) is 66.4 Å². The van der Waals surface area contributed by atoms with Gasteiger partial charge in [-0.05, 0) is 91.0 Å². The maximum absolute atomic E-state index is 14.3. The van der Waals surface area contributed by atoms with Crippen molar-refractivity contribution in [2.24, 2.45) is 0 Å². The van der Waals surface area contributed by atoms with Gasteiger partial charge in [0.05, 0.1) is 81.9 Å². The molecule has 0 aliphatic carbocycles. The zero-order valence-corrected chi connectivity index (χ0v) is 58.3. The minimum atomic E-state index is -5.00. The smallest absolute Gasteiger partial charge is 0.425 e. The van der Waals surface area contributed by atoms with Crippen LogP contribution in [0.2, 0.25) is 5.02 Å². The fourth-order valence-electron chi connectivity index (χ4n) is 11.5. The quantitative estimate of drug-likeness (QED) is 0.105. The third-order valence-corrected chi connectivity index (χ3v) is 17.0. The molecule has 39 heteroatoms. The molecule has 8 aromatic carbocycles. The van der Waals surface area contributed by atoms with Gasteiger partial charge in [-0.15, -0.1) is 0 Å². The Labute approximate surface area is 638 Å². The first-order valence-electron chi connectivity index (χ1n) is 32.8. The van der Waals surface area contributed by atoms with Crippen LogP contribution < -0.4 is 36.3 Å². The molecular weight excluding hydrogens is 1600 g/mol. The van der Waals surface area contributed by atoms with E-state index in [-0.39, 0.29) is 61.4 Å². The van der Waals surface area contributed by atoms with Crippen molar-refractivity contribution in [2.45, 2.75) is 38.2 Å². The molecule has 16 aromatic rings. The van der Waals surface area contributed by atoms with Gasteiger partial charge in [-0.25, -0.2) is 59.4 Å². The van der Waals surface area contributed by atoms with Crippen LogP contribution in [0.4, 0.5) is 79.0 Å². The van der Waals surface area contributed by atoms with Crippen LogP contribution in [-0.4, -0.2) is 53.6 Å². The molecule has 0 saturated heterocycles. The largest absolute Gasteiger partial charge is 0.443 e. The molecule has 1 N–H and O–H groups in total. The summed E-state index contributed by atoms with van der Waals surface area (Å²) in [6.07, 6.45) is -7.16. The number of alkyl halides is 9. The van der Waals surface area contributed by atoms with Gasteiger partial charge in [-0.3, -0.25) is 19.2 Å². The topological polar surface area (TPSA) is 243 Å². The number of nitrogens with zero attached hydrogens (tertiary/aromatic N) is 10. The number of oxazole rings is 2. The Morgan fingerprint density at radius 1 is 0.414 bits per heavy atom. The summed E-state index contributed by atoms with van der Waals surface area (Å²) in [4.78, 5) is 77.2. The van der Waals surface area contributed by atoms with Gasteiger partial charge in [0.2, 0.25) is 23.5 Å². The van der Waals surface area contributed by atoms with Crippen molar-refractivity contribution >= 4 is 66.5 Å². The van der Waals surface area contributed by atoms with E-state index in [9.17, 15) is 98.2 Å². The number of H-pyrrole nitrogens is 1. The second kappa shape index (κ2) is 32.5. The highest BCUT2D eigenvalue weighted by Gasteiger charge is 2.42. The summed E-state index contributed by atoms with van der Waals surface area (Å²) < 4.78 is 277. The Balaban J connectivity index is 0.000000144. The van der Waals surface area contributed by atoms with Crippen molar-refractivity contribution in [3.05, 3.63) is 334 Å². The van der Waals surface area contributed by atoms with Crippen LogP contribution >= 0.6 is 11.6 Å². The number of para-hydroxylation sites is 4. The van der Waals surface area contributed by atoms with E-state index in [4.69, 9.17) is 34.6 Å². The zero-order chi connectivity index (χ0) is 82.8. The van der Waals surface area contributed by atoms with Gasteiger partial charge in [0.1, 0.15) is 91.8 Å². The van der Waals surface area contributed by atoms with E-state index in [0.29, 0.717) is 48.0 Å². The van der Waals surface area contributed by atoms with Crippen molar-refractivity contribution in [3.8, 4) is 46.3 Å². The van der Waals surface area contributed by atoms with Gasteiger partial charge in [0, 0.05) is 77.7 Å². The first-order valence-corrected chi connectivity index (χ1v) is 33.1. The number of hydrogen-bond acceptors (Lipinski definition) is 16. The highest BCUT2D eigenvalue weighted by molar-refractivity contribution is 6.31. The number of rotatable bonds is 13. The first-order chi connectivity index (χ1) is 55.1. The maximum atomic E-state index is 14.3. The SMILES string of the molecule is O=c1cc[nH]c(Oc2ccc3c(c2)c(=O)ncn3Cc2c(F)cc(F)cc2F)c1C(F)(F)F.O=c1ncn(Cc2c(F)cc(F)cc2F)c2ccc(Oc3nccc(-c4nc5ccccc5o4)c3C(F)(F)F)cc12.O=c1ncn(Cc2c(F)cc(F)cc2F)c2ccc(Oc3nccc(Cl)c3C(F)(F)F)cc12.c1ccc2ocnc2c1. The Hall–Kier alpha value is -14.2. The molecule has 8 aromatic heterocycles. The Morgan fingerprint density at radius 3 is 1.23 bits per heavy atom. The number of nitrogens with one attached hydrogen (secondary N) is 1.